The summed E-state index contributed by atoms with van der Waals surface area (Å²) in [5, 5.41) is 1.06. The summed E-state index contributed by atoms with van der Waals surface area (Å²) in [6.45, 7) is 2.41. The SMILES string of the molecule is COC/C=C/S(=O)(=O)N[C@H](C)c1ccc(F)c(OCC2CC2)c1. The Hall–Kier alpha value is -1.44. The first kappa shape index (κ1) is 17.9. The van der Waals surface area contributed by atoms with E-state index in [1.165, 1.54) is 19.3 Å². The van der Waals surface area contributed by atoms with Gasteiger partial charge in [-0.3, -0.25) is 0 Å². The lowest BCUT2D eigenvalue weighted by molar-refractivity contribution is 0.234. The van der Waals surface area contributed by atoms with Gasteiger partial charge in [-0.2, -0.15) is 0 Å². The maximum atomic E-state index is 13.8. The Bertz CT molecular complexity index is 656. The lowest BCUT2D eigenvalue weighted by Crippen LogP contribution is -2.25. The highest BCUT2D eigenvalue weighted by molar-refractivity contribution is 7.92. The molecule has 0 bridgehead atoms. The van der Waals surface area contributed by atoms with Gasteiger partial charge >= 0.3 is 0 Å². The third-order valence-corrected chi connectivity index (χ3v) is 4.74. The minimum atomic E-state index is -3.59. The second-order valence-electron chi connectivity index (χ2n) is 5.66. The fraction of sp³-hybridized carbons (Fsp3) is 0.500. The van der Waals surface area contributed by atoms with Gasteiger partial charge in [-0.25, -0.2) is 17.5 Å². The van der Waals surface area contributed by atoms with Gasteiger partial charge in [0.05, 0.1) is 13.2 Å². The second kappa shape index (κ2) is 7.90. The first-order chi connectivity index (χ1) is 10.9. The highest BCUT2D eigenvalue weighted by atomic mass is 32.2. The molecule has 1 N–H and O–H groups in total. The van der Waals surface area contributed by atoms with E-state index in [0.717, 1.165) is 18.2 Å². The van der Waals surface area contributed by atoms with Crippen LogP contribution in [0.5, 0.6) is 5.75 Å². The number of benzene rings is 1. The molecule has 7 heteroatoms. The molecule has 1 aromatic carbocycles. The van der Waals surface area contributed by atoms with Crippen LogP contribution >= 0.6 is 0 Å². The lowest BCUT2D eigenvalue weighted by Gasteiger charge is -2.15. The first-order valence-electron chi connectivity index (χ1n) is 7.51. The predicted octanol–water partition coefficient (Wildman–Crippen LogP) is 2.76. The average Bonchev–Trinajstić information content (AvgIpc) is 3.30. The number of halogens is 1. The molecule has 0 aliphatic heterocycles. The summed E-state index contributed by atoms with van der Waals surface area (Å²) in [5.41, 5.74) is 0.640. The van der Waals surface area contributed by atoms with Crippen molar-refractivity contribution in [2.24, 2.45) is 5.92 Å². The molecule has 0 spiro atoms. The van der Waals surface area contributed by atoms with Crippen molar-refractivity contribution >= 4 is 10.0 Å². The molecule has 1 aromatic rings. The van der Waals surface area contributed by atoms with E-state index < -0.39 is 21.9 Å². The number of hydrogen-bond donors (Lipinski definition) is 1. The fourth-order valence-electron chi connectivity index (χ4n) is 2.01. The third kappa shape index (κ3) is 5.93. The molecule has 0 radical (unpaired) electrons. The summed E-state index contributed by atoms with van der Waals surface area (Å²) in [4.78, 5) is 0. The standard InChI is InChI=1S/C16H22FNO4S/c1-12(18-23(19,20)9-3-8-21-2)14-6-7-15(17)16(10-14)22-11-13-4-5-13/h3,6-7,9-10,12-13,18H,4-5,8,11H2,1-2H3/b9-3+/t12-/m1/s1. The molecule has 1 aliphatic rings. The summed E-state index contributed by atoms with van der Waals surface area (Å²) in [6.07, 6.45) is 3.64. The maximum absolute atomic E-state index is 13.8. The van der Waals surface area contributed by atoms with E-state index in [4.69, 9.17) is 9.47 Å². The molecule has 128 valence electrons. The molecular formula is C16H22FNO4S. The molecule has 1 atom stereocenters. The minimum absolute atomic E-state index is 0.162. The van der Waals surface area contributed by atoms with Crippen LogP contribution in [0.1, 0.15) is 31.4 Å². The molecule has 0 saturated heterocycles. The number of rotatable bonds is 9. The molecule has 1 saturated carbocycles. The molecule has 23 heavy (non-hydrogen) atoms. The fourth-order valence-corrected chi connectivity index (χ4v) is 3.05. The van der Waals surface area contributed by atoms with E-state index in [1.54, 1.807) is 19.1 Å². The second-order valence-corrected chi connectivity index (χ2v) is 7.25. The van der Waals surface area contributed by atoms with Crippen LogP contribution in [0.3, 0.4) is 0 Å². The Balaban J connectivity index is 2.03. The van der Waals surface area contributed by atoms with Crippen LogP contribution in [0.2, 0.25) is 0 Å². The molecular weight excluding hydrogens is 321 g/mol. The van der Waals surface area contributed by atoms with Crippen molar-refractivity contribution in [1.82, 2.24) is 4.72 Å². The van der Waals surface area contributed by atoms with E-state index in [9.17, 15) is 12.8 Å². The van der Waals surface area contributed by atoms with Crippen molar-refractivity contribution in [3.63, 3.8) is 0 Å². The van der Waals surface area contributed by atoms with E-state index in [2.05, 4.69) is 4.72 Å². The molecule has 2 rings (SSSR count). The number of ether oxygens (including phenoxy) is 2. The maximum Gasteiger partial charge on any atom is 0.234 e. The molecule has 0 heterocycles. The Labute approximate surface area is 136 Å². The quantitative estimate of drug-likeness (QED) is 0.749. The summed E-state index contributed by atoms with van der Waals surface area (Å²) >= 11 is 0. The summed E-state index contributed by atoms with van der Waals surface area (Å²) in [7, 11) is -2.10. The molecule has 1 aliphatic carbocycles. The smallest absolute Gasteiger partial charge is 0.234 e. The van der Waals surface area contributed by atoms with Crippen LogP contribution in [0.25, 0.3) is 0 Å². The number of sulfonamides is 1. The van der Waals surface area contributed by atoms with Gasteiger partial charge in [-0.05, 0) is 49.5 Å². The first-order valence-corrected chi connectivity index (χ1v) is 9.06. The zero-order chi connectivity index (χ0) is 16.9. The predicted molar refractivity (Wildman–Crippen MR) is 86.1 cm³/mol. The largest absolute Gasteiger partial charge is 0.490 e. The van der Waals surface area contributed by atoms with Gasteiger partial charge in [-0.15, -0.1) is 0 Å². The molecule has 1 fully saturated rings. The van der Waals surface area contributed by atoms with E-state index in [1.807, 2.05) is 0 Å². The van der Waals surface area contributed by atoms with Crippen LogP contribution in [0.4, 0.5) is 4.39 Å². The van der Waals surface area contributed by atoms with E-state index in [-0.39, 0.29) is 12.4 Å². The third-order valence-electron chi connectivity index (χ3n) is 3.51. The Morgan fingerprint density at radius 2 is 2.17 bits per heavy atom. The number of hydrogen-bond acceptors (Lipinski definition) is 4. The highest BCUT2D eigenvalue weighted by Crippen LogP contribution is 2.31. The molecule has 0 aromatic heterocycles. The zero-order valence-corrected chi connectivity index (χ0v) is 14.1. The molecule has 0 unspecified atom stereocenters. The lowest BCUT2D eigenvalue weighted by atomic mass is 10.1. The van der Waals surface area contributed by atoms with Crippen LogP contribution in [-0.2, 0) is 14.8 Å². The van der Waals surface area contributed by atoms with E-state index in [0.29, 0.717) is 18.1 Å². The van der Waals surface area contributed by atoms with Crippen LogP contribution in [0.15, 0.2) is 29.7 Å². The normalized spacial score (nSPS) is 16.7. The van der Waals surface area contributed by atoms with Gasteiger partial charge < -0.3 is 9.47 Å². The van der Waals surface area contributed by atoms with Crippen molar-refractivity contribution in [1.29, 1.82) is 0 Å². The topological polar surface area (TPSA) is 64.6 Å². The Morgan fingerprint density at radius 3 is 2.83 bits per heavy atom. The van der Waals surface area contributed by atoms with Crippen LogP contribution in [-0.4, -0.2) is 28.7 Å². The number of methoxy groups -OCH3 is 1. The Morgan fingerprint density at radius 1 is 1.43 bits per heavy atom. The van der Waals surface area contributed by atoms with Crippen molar-refractivity contribution in [2.45, 2.75) is 25.8 Å². The van der Waals surface area contributed by atoms with Gasteiger partial charge in [-0.1, -0.05) is 6.07 Å². The number of nitrogens with one attached hydrogen (secondary N) is 1. The average molecular weight is 343 g/mol. The molecule has 5 nitrogen and oxygen atoms in total. The van der Waals surface area contributed by atoms with Gasteiger partial charge in [0.2, 0.25) is 10.0 Å². The minimum Gasteiger partial charge on any atom is -0.490 e. The van der Waals surface area contributed by atoms with Gasteiger partial charge in [0.1, 0.15) is 0 Å². The van der Waals surface area contributed by atoms with Crippen molar-refractivity contribution < 1.29 is 22.3 Å². The summed E-state index contributed by atoms with van der Waals surface area (Å²) in [5.74, 6) is 0.236. The van der Waals surface area contributed by atoms with Crippen LogP contribution < -0.4 is 9.46 Å². The Kier molecular flexibility index (Phi) is 6.15. The van der Waals surface area contributed by atoms with Crippen molar-refractivity contribution in [3.05, 3.63) is 41.1 Å². The monoisotopic (exact) mass is 343 g/mol. The van der Waals surface area contributed by atoms with Gasteiger partial charge in [0.25, 0.3) is 0 Å². The highest BCUT2D eigenvalue weighted by Gasteiger charge is 2.23. The zero-order valence-electron chi connectivity index (χ0n) is 13.3. The molecule has 0 amide bonds. The van der Waals surface area contributed by atoms with E-state index >= 15 is 0 Å². The summed E-state index contributed by atoms with van der Waals surface area (Å²) in [6, 6.07) is 3.88. The van der Waals surface area contributed by atoms with Crippen LogP contribution in [0, 0.1) is 11.7 Å². The van der Waals surface area contributed by atoms with Gasteiger partial charge in [0, 0.05) is 18.6 Å². The van der Waals surface area contributed by atoms with Gasteiger partial charge in [0.15, 0.2) is 11.6 Å². The van der Waals surface area contributed by atoms with Crippen molar-refractivity contribution in [3.8, 4) is 5.75 Å². The summed E-state index contributed by atoms with van der Waals surface area (Å²) < 4.78 is 50.3. The van der Waals surface area contributed by atoms with Crippen molar-refractivity contribution in [2.75, 3.05) is 20.3 Å².